The van der Waals surface area contributed by atoms with Gasteiger partial charge in [-0.25, -0.2) is 0 Å². The first-order valence-corrected chi connectivity index (χ1v) is 6.66. The van der Waals surface area contributed by atoms with Crippen LogP contribution in [-0.2, 0) is 19.4 Å². The summed E-state index contributed by atoms with van der Waals surface area (Å²) in [6.45, 7) is 6.76. The largest absolute Gasteiger partial charge is 0.294 e. The Hall–Kier alpha value is -1.97. The van der Waals surface area contributed by atoms with E-state index in [1.807, 2.05) is 30.7 Å². The lowest BCUT2D eigenvalue weighted by Gasteiger charge is -2.05. The van der Waals surface area contributed by atoms with E-state index in [2.05, 4.69) is 17.0 Å². The van der Waals surface area contributed by atoms with Gasteiger partial charge in [0.2, 0.25) is 0 Å². The van der Waals surface area contributed by atoms with Crippen molar-refractivity contribution in [3.63, 3.8) is 0 Å². The summed E-state index contributed by atoms with van der Waals surface area (Å²) in [7, 11) is 0. The number of carbonyl (C=O) groups is 1. The standard InChI is InChI=1S/C15H19N3O/c1-4-12-9-13(18(5-2)17-12)10-15(19)14-7-6-8-16-11(14)3/h6-9H,4-5,10H2,1-3H3. The van der Waals surface area contributed by atoms with Gasteiger partial charge in [0.25, 0.3) is 0 Å². The van der Waals surface area contributed by atoms with E-state index < -0.39 is 0 Å². The molecule has 2 heterocycles. The molecule has 100 valence electrons. The van der Waals surface area contributed by atoms with Crippen LogP contribution in [0.3, 0.4) is 0 Å². The van der Waals surface area contributed by atoms with E-state index in [9.17, 15) is 4.79 Å². The maximum Gasteiger partial charge on any atom is 0.170 e. The Labute approximate surface area is 113 Å². The topological polar surface area (TPSA) is 47.8 Å². The molecule has 0 radical (unpaired) electrons. The Morgan fingerprint density at radius 2 is 2.16 bits per heavy atom. The number of Topliss-reactive ketones (excluding diaryl/α,β-unsaturated/α-hetero) is 1. The first-order valence-electron chi connectivity index (χ1n) is 6.66. The fraction of sp³-hybridized carbons (Fsp3) is 0.400. The molecule has 2 aromatic rings. The number of ketones is 1. The van der Waals surface area contributed by atoms with Crippen LogP contribution in [0, 0.1) is 6.92 Å². The van der Waals surface area contributed by atoms with E-state index in [4.69, 9.17) is 0 Å². The quantitative estimate of drug-likeness (QED) is 0.773. The molecule has 4 heteroatoms. The van der Waals surface area contributed by atoms with Gasteiger partial charge in [-0.2, -0.15) is 5.10 Å². The molecule has 0 aromatic carbocycles. The maximum absolute atomic E-state index is 12.3. The third-order valence-corrected chi connectivity index (χ3v) is 3.22. The monoisotopic (exact) mass is 257 g/mol. The molecular weight excluding hydrogens is 238 g/mol. The molecule has 19 heavy (non-hydrogen) atoms. The average Bonchev–Trinajstić information content (AvgIpc) is 2.81. The van der Waals surface area contributed by atoms with E-state index in [1.165, 1.54) is 0 Å². The summed E-state index contributed by atoms with van der Waals surface area (Å²) in [5.41, 5.74) is 3.50. The molecule has 0 bridgehead atoms. The van der Waals surface area contributed by atoms with Crippen molar-refractivity contribution >= 4 is 5.78 Å². The van der Waals surface area contributed by atoms with Crippen molar-refractivity contribution in [2.24, 2.45) is 0 Å². The molecule has 0 fully saturated rings. The second-order valence-electron chi connectivity index (χ2n) is 4.53. The van der Waals surface area contributed by atoms with Gasteiger partial charge in [0.05, 0.1) is 12.1 Å². The highest BCUT2D eigenvalue weighted by Crippen LogP contribution is 2.12. The molecule has 0 saturated carbocycles. The van der Waals surface area contributed by atoms with Gasteiger partial charge in [0.1, 0.15) is 0 Å². The van der Waals surface area contributed by atoms with Crippen LogP contribution in [0.5, 0.6) is 0 Å². The Bertz CT molecular complexity index is 587. The fourth-order valence-electron chi connectivity index (χ4n) is 2.14. The number of nitrogens with zero attached hydrogens (tertiary/aromatic N) is 3. The normalized spacial score (nSPS) is 10.7. The Kier molecular flexibility index (Phi) is 4.10. The van der Waals surface area contributed by atoms with Crippen LogP contribution in [-0.4, -0.2) is 20.5 Å². The number of rotatable bonds is 5. The maximum atomic E-state index is 12.3. The lowest BCUT2D eigenvalue weighted by molar-refractivity contribution is 0.0989. The molecular formula is C15H19N3O. The van der Waals surface area contributed by atoms with Gasteiger partial charge in [-0.05, 0) is 38.5 Å². The summed E-state index contributed by atoms with van der Waals surface area (Å²) in [6.07, 6.45) is 2.98. The van der Waals surface area contributed by atoms with Crippen LogP contribution in [0.4, 0.5) is 0 Å². The van der Waals surface area contributed by atoms with Crippen LogP contribution in [0.1, 0.15) is 41.3 Å². The summed E-state index contributed by atoms with van der Waals surface area (Å²) in [4.78, 5) is 16.5. The van der Waals surface area contributed by atoms with Gasteiger partial charge in [-0.1, -0.05) is 6.92 Å². The second kappa shape index (κ2) is 5.78. The van der Waals surface area contributed by atoms with Gasteiger partial charge in [0, 0.05) is 29.7 Å². The van der Waals surface area contributed by atoms with E-state index >= 15 is 0 Å². The molecule has 0 saturated heterocycles. The Morgan fingerprint density at radius 1 is 1.37 bits per heavy atom. The van der Waals surface area contributed by atoms with Gasteiger partial charge >= 0.3 is 0 Å². The number of aromatic nitrogens is 3. The molecule has 4 nitrogen and oxygen atoms in total. The van der Waals surface area contributed by atoms with Crippen LogP contribution in [0.15, 0.2) is 24.4 Å². The molecule has 0 N–H and O–H groups in total. The van der Waals surface area contributed by atoms with E-state index in [0.717, 1.165) is 30.0 Å². The van der Waals surface area contributed by atoms with Crippen molar-refractivity contribution in [2.75, 3.05) is 0 Å². The summed E-state index contributed by atoms with van der Waals surface area (Å²) in [5.74, 6) is 0.0999. The SMILES string of the molecule is CCc1cc(CC(=O)c2cccnc2C)n(CC)n1. The predicted octanol–water partition coefficient (Wildman–Crippen LogP) is 2.59. The highest BCUT2D eigenvalue weighted by atomic mass is 16.1. The minimum absolute atomic E-state index is 0.0999. The van der Waals surface area contributed by atoms with Crippen LogP contribution >= 0.6 is 0 Å². The zero-order valence-electron chi connectivity index (χ0n) is 11.7. The minimum Gasteiger partial charge on any atom is -0.294 e. The Balaban J connectivity index is 2.24. The number of hydrogen-bond acceptors (Lipinski definition) is 3. The van der Waals surface area contributed by atoms with Crippen molar-refractivity contribution in [1.82, 2.24) is 14.8 Å². The summed E-state index contributed by atoms with van der Waals surface area (Å²) >= 11 is 0. The van der Waals surface area contributed by atoms with Crippen molar-refractivity contribution in [1.29, 1.82) is 0 Å². The van der Waals surface area contributed by atoms with Gasteiger partial charge in [-0.15, -0.1) is 0 Å². The molecule has 2 aromatic heterocycles. The molecule has 0 unspecified atom stereocenters. The predicted molar refractivity (Wildman–Crippen MR) is 74.3 cm³/mol. The lowest BCUT2D eigenvalue weighted by atomic mass is 10.1. The van der Waals surface area contributed by atoms with Crippen LogP contribution in [0.25, 0.3) is 0 Å². The van der Waals surface area contributed by atoms with Crippen molar-refractivity contribution < 1.29 is 4.79 Å². The fourth-order valence-corrected chi connectivity index (χ4v) is 2.14. The number of carbonyl (C=O) groups excluding carboxylic acids is 1. The highest BCUT2D eigenvalue weighted by molar-refractivity contribution is 5.98. The van der Waals surface area contributed by atoms with E-state index in [0.29, 0.717) is 12.0 Å². The van der Waals surface area contributed by atoms with Gasteiger partial charge in [0.15, 0.2) is 5.78 Å². The Morgan fingerprint density at radius 3 is 2.79 bits per heavy atom. The molecule has 0 aliphatic rings. The number of pyridine rings is 1. The first-order chi connectivity index (χ1) is 9.15. The third kappa shape index (κ3) is 2.89. The van der Waals surface area contributed by atoms with Gasteiger partial charge in [-0.3, -0.25) is 14.5 Å². The van der Waals surface area contributed by atoms with Crippen LogP contribution in [0.2, 0.25) is 0 Å². The number of aryl methyl sites for hydroxylation is 3. The summed E-state index contributed by atoms with van der Waals surface area (Å²) in [5, 5.41) is 4.47. The second-order valence-corrected chi connectivity index (χ2v) is 4.53. The van der Waals surface area contributed by atoms with Crippen LogP contribution < -0.4 is 0 Å². The van der Waals surface area contributed by atoms with Crippen molar-refractivity contribution in [3.8, 4) is 0 Å². The zero-order valence-corrected chi connectivity index (χ0v) is 11.7. The molecule has 0 aliphatic heterocycles. The minimum atomic E-state index is 0.0999. The van der Waals surface area contributed by atoms with E-state index in [-0.39, 0.29) is 5.78 Å². The van der Waals surface area contributed by atoms with Crippen molar-refractivity contribution in [3.05, 3.63) is 47.0 Å². The molecule has 0 spiro atoms. The lowest BCUT2D eigenvalue weighted by Crippen LogP contribution is -2.11. The van der Waals surface area contributed by atoms with Crippen molar-refractivity contribution in [2.45, 2.75) is 40.2 Å². The number of hydrogen-bond donors (Lipinski definition) is 0. The summed E-state index contributed by atoms with van der Waals surface area (Å²) in [6, 6.07) is 5.65. The molecule has 0 aliphatic carbocycles. The zero-order chi connectivity index (χ0) is 13.8. The first kappa shape index (κ1) is 13.5. The average molecular weight is 257 g/mol. The summed E-state index contributed by atoms with van der Waals surface area (Å²) < 4.78 is 1.91. The molecule has 0 atom stereocenters. The molecule has 0 amide bonds. The smallest absolute Gasteiger partial charge is 0.170 e. The highest BCUT2D eigenvalue weighted by Gasteiger charge is 2.14. The third-order valence-electron chi connectivity index (χ3n) is 3.22. The van der Waals surface area contributed by atoms with Gasteiger partial charge < -0.3 is 0 Å². The van der Waals surface area contributed by atoms with E-state index in [1.54, 1.807) is 12.3 Å². The molecule has 2 rings (SSSR count).